The van der Waals surface area contributed by atoms with E-state index in [0.29, 0.717) is 5.92 Å². The van der Waals surface area contributed by atoms with Crippen molar-refractivity contribution in [1.29, 1.82) is 0 Å². The Bertz CT molecular complexity index is 312. The molecule has 1 aromatic rings. The second-order valence-corrected chi connectivity index (χ2v) is 4.78. The van der Waals surface area contributed by atoms with E-state index in [0.717, 1.165) is 32.8 Å². The summed E-state index contributed by atoms with van der Waals surface area (Å²) in [5.74, 6) is 0.623. The van der Waals surface area contributed by atoms with Gasteiger partial charge in [-0.3, -0.25) is 4.90 Å². The normalized spacial score (nSPS) is 16.3. The topological polar surface area (TPSA) is 12.5 Å². The first-order valence-corrected chi connectivity index (χ1v) is 7.14. The maximum Gasteiger partial charge on any atom is 0.0594 e. The Morgan fingerprint density at radius 2 is 1.61 bits per heavy atom. The molecule has 1 aromatic carbocycles. The monoisotopic (exact) mass is 249 g/mol. The third kappa shape index (κ3) is 4.79. The van der Waals surface area contributed by atoms with Crippen molar-refractivity contribution in [1.82, 2.24) is 4.90 Å². The van der Waals surface area contributed by atoms with Gasteiger partial charge in [0.25, 0.3) is 0 Å². The van der Waals surface area contributed by atoms with Gasteiger partial charge in [-0.05, 0) is 17.0 Å². The van der Waals surface area contributed by atoms with Crippen molar-refractivity contribution in [3.63, 3.8) is 0 Å². The number of nitrogens with zero attached hydrogens (tertiary/aromatic N) is 1. The van der Waals surface area contributed by atoms with Gasteiger partial charge < -0.3 is 4.74 Å². The van der Waals surface area contributed by atoms with Crippen LogP contribution in [-0.4, -0.2) is 31.2 Å². The van der Waals surface area contributed by atoms with Gasteiger partial charge in [0.05, 0.1) is 13.2 Å². The van der Waals surface area contributed by atoms with Crippen molar-refractivity contribution in [2.24, 2.45) is 0 Å². The molecule has 0 aliphatic carbocycles. The van der Waals surface area contributed by atoms with Crippen LogP contribution < -0.4 is 0 Å². The van der Waals surface area contributed by atoms with E-state index in [1.165, 1.54) is 11.1 Å². The first-order valence-electron chi connectivity index (χ1n) is 7.14. The van der Waals surface area contributed by atoms with Crippen LogP contribution in [-0.2, 0) is 11.3 Å². The molecule has 2 rings (SSSR count). The molecule has 2 nitrogen and oxygen atoms in total. The average Bonchev–Trinajstić information content (AvgIpc) is 2.43. The number of ether oxygens (including phenoxy) is 1. The SMILES string of the molecule is CC.CC(C)c1ccc(CN2CCOCC2)cc1. The van der Waals surface area contributed by atoms with Crippen LogP contribution in [0.3, 0.4) is 0 Å². The summed E-state index contributed by atoms with van der Waals surface area (Å²) in [6, 6.07) is 9.01. The van der Waals surface area contributed by atoms with Gasteiger partial charge in [0.2, 0.25) is 0 Å². The molecule has 1 heterocycles. The summed E-state index contributed by atoms with van der Waals surface area (Å²) in [5.41, 5.74) is 2.83. The number of hydrogen-bond donors (Lipinski definition) is 0. The molecule has 0 radical (unpaired) electrons. The molecule has 1 aliphatic heterocycles. The molecular formula is C16H27NO. The third-order valence-corrected chi connectivity index (χ3v) is 3.16. The van der Waals surface area contributed by atoms with E-state index in [1.54, 1.807) is 0 Å². The van der Waals surface area contributed by atoms with Gasteiger partial charge in [0, 0.05) is 19.6 Å². The summed E-state index contributed by atoms with van der Waals surface area (Å²) in [6.45, 7) is 13.4. The van der Waals surface area contributed by atoms with Crippen LogP contribution in [0.4, 0.5) is 0 Å². The molecule has 18 heavy (non-hydrogen) atoms. The number of benzene rings is 1. The molecule has 1 fully saturated rings. The highest BCUT2D eigenvalue weighted by Crippen LogP contribution is 2.15. The molecular weight excluding hydrogens is 222 g/mol. The smallest absolute Gasteiger partial charge is 0.0594 e. The van der Waals surface area contributed by atoms with Crippen molar-refractivity contribution in [3.8, 4) is 0 Å². The zero-order chi connectivity index (χ0) is 13.4. The Balaban J connectivity index is 0.000000771. The Labute approximate surface area is 112 Å². The molecule has 0 atom stereocenters. The first-order chi connectivity index (χ1) is 8.75. The summed E-state index contributed by atoms with van der Waals surface area (Å²) in [6.07, 6.45) is 0. The zero-order valence-corrected chi connectivity index (χ0v) is 12.3. The molecule has 0 unspecified atom stereocenters. The van der Waals surface area contributed by atoms with Gasteiger partial charge >= 0.3 is 0 Å². The van der Waals surface area contributed by atoms with Gasteiger partial charge in [-0.2, -0.15) is 0 Å². The molecule has 0 aromatic heterocycles. The van der Waals surface area contributed by atoms with E-state index in [4.69, 9.17) is 4.74 Å². The number of rotatable bonds is 3. The fourth-order valence-corrected chi connectivity index (χ4v) is 2.03. The van der Waals surface area contributed by atoms with Gasteiger partial charge in [-0.15, -0.1) is 0 Å². The summed E-state index contributed by atoms with van der Waals surface area (Å²) in [5, 5.41) is 0. The maximum absolute atomic E-state index is 5.35. The largest absolute Gasteiger partial charge is 0.379 e. The molecule has 0 saturated carbocycles. The van der Waals surface area contributed by atoms with Gasteiger partial charge in [0.1, 0.15) is 0 Å². The summed E-state index contributed by atoms with van der Waals surface area (Å²) in [4.78, 5) is 2.45. The Hall–Kier alpha value is -0.860. The number of hydrogen-bond acceptors (Lipinski definition) is 2. The minimum atomic E-state index is 0.623. The Morgan fingerprint density at radius 3 is 2.11 bits per heavy atom. The second-order valence-electron chi connectivity index (χ2n) is 4.78. The summed E-state index contributed by atoms with van der Waals surface area (Å²) >= 11 is 0. The quantitative estimate of drug-likeness (QED) is 0.810. The fraction of sp³-hybridized carbons (Fsp3) is 0.625. The van der Waals surface area contributed by atoms with Crippen LogP contribution in [0.15, 0.2) is 24.3 Å². The van der Waals surface area contributed by atoms with Crippen LogP contribution in [0.2, 0.25) is 0 Å². The standard InChI is InChI=1S/C14H21NO.C2H6/c1-12(2)14-5-3-13(4-6-14)11-15-7-9-16-10-8-15;1-2/h3-6,12H,7-11H2,1-2H3;1-2H3. The van der Waals surface area contributed by atoms with Crippen molar-refractivity contribution >= 4 is 0 Å². The lowest BCUT2D eigenvalue weighted by Crippen LogP contribution is -2.35. The van der Waals surface area contributed by atoms with Gasteiger partial charge in [-0.25, -0.2) is 0 Å². The van der Waals surface area contributed by atoms with E-state index in [2.05, 4.69) is 43.0 Å². The lowest BCUT2D eigenvalue weighted by atomic mass is 10.0. The van der Waals surface area contributed by atoms with Crippen molar-refractivity contribution in [2.45, 2.75) is 40.2 Å². The Kier molecular flexibility index (Phi) is 6.99. The average molecular weight is 249 g/mol. The lowest BCUT2D eigenvalue weighted by molar-refractivity contribution is 0.0342. The molecule has 1 saturated heterocycles. The van der Waals surface area contributed by atoms with E-state index < -0.39 is 0 Å². The van der Waals surface area contributed by atoms with E-state index in [-0.39, 0.29) is 0 Å². The molecule has 1 aliphatic rings. The Morgan fingerprint density at radius 1 is 1.06 bits per heavy atom. The predicted octanol–water partition coefficient (Wildman–Crippen LogP) is 3.67. The predicted molar refractivity (Wildman–Crippen MR) is 78.0 cm³/mol. The van der Waals surface area contributed by atoms with E-state index >= 15 is 0 Å². The minimum Gasteiger partial charge on any atom is -0.379 e. The number of morpholine rings is 1. The van der Waals surface area contributed by atoms with Crippen LogP contribution >= 0.6 is 0 Å². The zero-order valence-electron chi connectivity index (χ0n) is 12.3. The van der Waals surface area contributed by atoms with E-state index in [9.17, 15) is 0 Å². The van der Waals surface area contributed by atoms with Gasteiger partial charge in [-0.1, -0.05) is 52.0 Å². The maximum atomic E-state index is 5.35. The summed E-state index contributed by atoms with van der Waals surface area (Å²) < 4.78 is 5.35. The molecule has 2 heteroatoms. The van der Waals surface area contributed by atoms with Crippen LogP contribution in [0, 0.1) is 0 Å². The molecule has 0 amide bonds. The highest BCUT2D eigenvalue weighted by atomic mass is 16.5. The van der Waals surface area contributed by atoms with Crippen molar-refractivity contribution < 1.29 is 4.74 Å². The summed E-state index contributed by atoms with van der Waals surface area (Å²) in [7, 11) is 0. The molecule has 0 N–H and O–H groups in total. The lowest BCUT2D eigenvalue weighted by Gasteiger charge is -2.26. The molecule has 0 spiro atoms. The third-order valence-electron chi connectivity index (χ3n) is 3.16. The van der Waals surface area contributed by atoms with Crippen molar-refractivity contribution in [3.05, 3.63) is 35.4 Å². The van der Waals surface area contributed by atoms with Crippen LogP contribution in [0.1, 0.15) is 44.7 Å². The van der Waals surface area contributed by atoms with Crippen LogP contribution in [0.25, 0.3) is 0 Å². The molecule has 0 bridgehead atoms. The molecule has 102 valence electrons. The van der Waals surface area contributed by atoms with E-state index in [1.807, 2.05) is 13.8 Å². The highest BCUT2D eigenvalue weighted by molar-refractivity contribution is 5.24. The first kappa shape index (κ1) is 15.2. The fourth-order valence-electron chi connectivity index (χ4n) is 2.03. The highest BCUT2D eigenvalue weighted by Gasteiger charge is 2.10. The van der Waals surface area contributed by atoms with Gasteiger partial charge in [0.15, 0.2) is 0 Å². The van der Waals surface area contributed by atoms with Crippen molar-refractivity contribution in [2.75, 3.05) is 26.3 Å². The minimum absolute atomic E-state index is 0.623. The van der Waals surface area contributed by atoms with Crippen LogP contribution in [0.5, 0.6) is 0 Å². The second kappa shape index (κ2) is 8.28.